The minimum Gasteiger partial charge on any atom is -0.394 e. The Morgan fingerprint density at radius 1 is 1.21 bits per heavy atom. The van der Waals surface area contributed by atoms with Crippen LogP contribution in [0.25, 0.3) is 0 Å². The van der Waals surface area contributed by atoms with Crippen molar-refractivity contribution in [3.05, 3.63) is 29.3 Å². The molecule has 0 aliphatic carbocycles. The van der Waals surface area contributed by atoms with Gasteiger partial charge in [0.25, 0.3) is 0 Å². The molecule has 0 saturated carbocycles. The number of rotatable bonds is 6. The maximum absolute atomic E-state index is 12.1. The minimum absolute atomic E-state index is 0.0657. The summed E-state index contributed by atoms with van der Waals surface area (Å²) in [6.07, 6.45) is 0. The van der Waals surface area contributed by atoms with Crippen LogP contribution in [0.3, 0.4) is 0 Å². The first-order valence-electron chi connectivity index (χ1n) is 7.88. The summed E-state index contributed by atoms with van der Waals surface area (Å²) in [7, 11) is 0. The molecule has 1 aromatic carbocycles. The van der Waals surface area contributed by atoms with Crippen molar-refractivity contribution in [1.29, 1.82) is 0 Å². The van der Waals surface area contributed by atoms with Crippen LogP contribution in [0.4, 0.5) is 5.69 Å². The summed E-state index contributed by atoms with van der Waals surface area (Å²) in [5.41, 5.74) is 1.01. The van der Waals surface area contributed by atoms with Crippen LogP contribution < -0.4 is 10.2 Å². The zero-order chi connectivity index (χ0) is 17.4. The second-order valence-corrected chi connectivity index (χ2v) is 5.79. The topological polar surface area (TPSA) is 82.1 Å². The van der Waals surface area contributed by atoms with E-state index in [4.69, 9.17) is 21.4 Å². The van der Waals surface area contributed by atoms with Crippen molar-refractivity contribution >= 4 is 29.1 Å². The first kappa shape index (κ1) is 18.5. The number of halogens is 1. The van der Waals surface area contributed by atoms with Crippen molar-refractivity contribution in [3.8, 4) is 0 Å². The Kier molecular flexibility index (Phi) is 7.30. The van der Waals surface area contributed by atoms with E-state index in [1.54, 1.807) is 4.90 Å². The average molecular weight is 356 g/mol. The van der Waals surface area contributed by atoms with E-state index in [0.717, 1.165) is 5.69 Å². The van der Waals surface area contributed by atoms with E-state index in [-0.39, 0.29) is 26.4 Å². The highest BCUT2D eigenvalue weighted by Gasteiger charge is 2.25. The number of hydrogen-bond acceptors (Lipinski definition) is 5. The van der Waals surface area contributed by atoms with Crippen LogP contribution in [-0.2, 0) is 14.3 Å². The van der Waals surface area contributed by atoms with Crippen molar-refractivity contribution in [2.75, 3.05) is 57.4 Å². The van der Waals surface area contributed by atoms with E-state index in [9.17, 15) is 9.59 Å². The third kappa shape index (κ3) is 5.36. The summed E-state index contributed by atoms with van der Waals surface area (Å²) in [5.74, 6) is -1.15. The molecule has 0 spiro atoms. The number of piperazine rings is 1. The van der Waals surface area contributed by atoms with Crippen LogP contribution in [0.15, 0.2) is 24.3 Å². The molecule has 1 aliphatic rings. The number of carbonyl (C=O) groups is 2. The molecule has 1 fully saturated rings. The summed E-state index contributed by atoms with van der Waals surface area (Å²) in [5, 5.41) is 11.8. The number of hydrogen-bond donors (Lipinski definition) is 2. The number of aliphatic hydroxyl groups excluding tert-OH is 1. The molecular weight excluding hydrogens is 334 g/mol. The molecule has 0 bridgehead atoms. The van der Waals surface area contributed by atoms with Crippen molar-refractivity contribution in [2.45, 2.75) is 0 Å². The lowest BCUT2D eigenvalue weighted by molar-refractivity contribution is -0.146. The van der Waals surface area contributed by atoms with E-state index in [1.165, 1.54) is 0 Å². The molecule has 132 valence electrons. The first-order chi connectivity index (χ1) is 11.6. The zero-order valence-corrected chi connectivity index (χ0v) is 14.2. The van der Waals surface area contributed by atoms with Gasteiger partial charge in [0.1, 0.15) is 0 Å². The molecular formula is C16H22ClN3O4. The number of ether oxygens (including phenoxy) is 1. The molecule has 0 aromatic heterocycles. The Hall–Kier alpha value is -1.83. The quantitative estimate of drug-likeness (QED) is 0.559. The number of carbonyl (C=O) groups excluding carboxylic acids is 2. The molecule has 1 aromatic rings. The lowest BCUT2D eigenvalue weighted by Gasteiger charge is -2.35. The van der Waals surface area contributed by atoms with Crippen LogP contribution in [0.2, 0.25) is 5.02 Å². The standard InChI is InChI=1S/C16H22ClN3O4/c17-13-2-1-3-14(12-13)19-5-7-20(8-6-19)16(23)15(22)18-4-10-24-11-9-21/h1-3,12,21H,4-11H2,(H,18,22). The molecule has 24 heavy (non-hydrogen) atoms. The second-order valence-electron chi connectivity index (χ2n) is 5.35. The highest BCUT2D eigenvalue weighted by atomic mass is 35.5. The molecule has 2 amide bonds. The van der Waals surface area contributed by atoms with Gasteiger partial charge in [-0.2, -0.15) is 0 Å². The van der Waals surface area contributed by atoms with E-state index in [1.807, 2.05) is 24.3 Å². The smallest absolute Gasteiger partial charge is 0.312 e. The molecule has 0 atom stereocenters. The third-order valence-corrected chi connectivity index (χ3v) is 3.94. The summed E-state index contributed by atoms with van der Waals surface area (Å²) in [4.78, 5) is 27.6. The number of amides is 2. The van der Waals surface area contributed by atoms with Gasteiger partial charge >= 0.3 is 11.8 Å². The lowest BCUT2D eigenvalue weighted by Crippen LogP contribution is -2.53. The van der Waals surface area contributed by atoms with E-state index in [0.29, 0.717) is 31.2 Å². The minimum atomic E-state index is -0.626. The predicted molar refractivity (Wildman–Crippen MR) is 91.2 cm³/mol. The Balaban J connectivity index is 1.75. The van der Waals surface area contributed by atoms with Crippen LogP contribution >= 0.6 is 11.6 Å². The van der Waals surface area contributed by atoms with Gasteiger partial charge in [0.2, 0.25) is 0 Å². The number of benzene rings is 1. The highest BCUT2D eigenvalue weighted by Crippen LogP contribution is 2.20. The van der Waals surface area contributed by atoms with E-state index in [2.05, 4.69) is 10.2 Å². The molecule has 7 nitrogen and oxygen atoms in total. The summed E-state index contributed by atoms with van der Waals surface area (Å²) >= 11 is 6.00. The van der Waals surface area contributed by atoms with Gasteiger partial charge in [0, 0.05) is 43.4 Å². The Labute approximate surface area is 146 Å². The van der Waals surface area contributed by atoms with Gasteiger partial charge in [-0.15, -0.1) is 0 Å². The molecule has 1 saturated heterocycles. The normalized spacial score (nSPS) is 14.6. The second kappa shape index (κ2) is 9.46. The fraction of sp³-hybridized carbons (Fsp3) is 0.500. The van der Waals surface area contributed by atoms with Gasteiger partial charge in [-0.25, -0.2) is 0 Å². The van der Waals surface area contributed by atoms with Crippen molar-refractivity contribution in [2.24, 2.45) is 0 Å². The molecule has 8 heteroatoms. The van der Waals surface area contributed by atoms with Crippen molar-refractivity contribution < 1.29 is 19.4 Å². The molecule has 0 radical (unpaired) electrons. The number of anilines is 1. The highest BCUT2D eigenvalue weighted by molar-refractivity contribution is 6.35. The van der Waals surface area contributed by atoms with E-state index >= 15 is 0 Å². The third-order valence-electron chi connectivity index (χ3n) is 3.70. The number of nitrogens with one attached hydrogen (secondary N) is 1. The van der Waals surface area contributed by atoms with Gasteiger partial charge in [0.05, 0.1) is 19.8 Å². The van der Waals surface area contributed by atoms with Crippen LogP contribution in [-0.4, -0.2) is 74.4 Å². The van der Waals surface area contributed by atoms with Crippen LogP contribution in [0.1, 0.15) is 0 Å². The van der Waals surface area contributed by atoms with Gasteiger partial charge in [-0.3, -0.25) is 9.59 Å². The molecule has 0 unspecified atom stereocenters. The van der Waals surface area contributed by atoms with Crippen molar-refractivity contribution in [1.82, 2.24) is 10.2 Å². The Morgan fingerprint density at radius 2 is 1.96 bits per heavy atom. The molecule has 1 heterocycles. The summed E-state index contributed by atoms with van der Waals surface area (Å²) < 4.78 is 5.02. The number of aliphatic hydroxyl groups is 1. The predicted octanol–water partition coefficient (Wildman–Crippen LogP) is 0.114. The number of nitrogens with zero attached hydrogens (tertiary/aromatic N) is 2. The Bertz CT molecular complexity index is 562. The SMILES string of the molecule is O=C(NCCOCCO)C(=O)N1CCN(c2cccc(Cl)c2)CC1. The molecule has 2 N–H and O–H groups in total. The molecule has 1 aliphatic heterocycles. The zero-order valence-electron chi connectivity index (χ0n) is 13.4. The van der Waals surface area contributed by atoms with Gasteiger partial charge in [-0.1, -0.05) is 17.7 Å². The van der Waals surface area contributed by atoms with Crippen LogP contribution in [0.5, 0.6) is 0 Å². The van der Waals surface area contributed by atoms with Crippen LogP contribution in [0, 0.1) is 0 Å². The van der Waals surface area contributed by atoms with E-state index < -0.39 is 11.8 Å². The monoisotopic (exact) mass is 355 g/mol. The fourth-order valence-corrected chi connectivity index (χ4v) is 2.65. The maximum atomic E-state index is 12.1. The van der Waals surface area contributed by atoms with Crippen molar-refractivity contribution in [3.63, 3.8) is 0 Å². The largest absolute Gasteiger partial charge is 0.394 e. The lowest BCUT2D eigenvalue weighted by atomic mass is 10.2. The van der Waals surface area contributed by atoms with Gasteiger partial charge < -0.3 is 25.0 Å². The summed E-state index contributed by atoms with van der Waals surface area (Å²) in [6, 6.07) is 7.57. The van der Waals surface area contributed by atoms with Gasteiger partial charge in [-0.05, 0) is 18.2 Å². The molecule has 2 rings (SSSR count). The fourth-order valence-electron chi connectivity index (χ4n) is 2.46. The van der Waals surface area contributed by atoms with Gasteiger partial charge in [0.15, 0.2) is 0 Å². The summed E-state index contributed by atoms with van der Waals surface area (Å²) in [6.45, 7) is 2.94. The average Bonchev–Trinajstić information content (AvgIpc) is 2.61. The maximum Gasteiger partial charge on any atom is 0.312 e. The Morgan fingerprint density at radius 3 is 2.62 bits per heavy atom. The first-order valence-corrected chi connectivity index (χ1v) is 8.26.